The summed E-state index contributed by atoms with van der Waals surface area (Å²) >= 11 is 0. The predicted octanol–water partition coefficient (Wildman–Crippen LogP) is 1.26. The van der Waals surface area contributed by atoms with Crippen molar-refractivity contribution in [3.8, 4) is 0 Å². The summed E-state index contributed by atoms with van der Waals surface area (Å²) in [7, 11) is -3.16. The number of amides is 1. The van der Waals surface area contributed by atoms with Gasteiger partial charge in [-0.2, -0.15) is 0 Å². The van der Waals surface area contributed by atoms with Crippen LogP contribution in [0.3, 0.4) is 0 Å². The zero-order valence-electron chi connectivity index (χ0n) is 16.3. The fraction of sp³-hybridized carbons (Fsp3) is 0.941. The monoisotopic (exact) mass is 411 g/mol. The molecule has 26 heavy (non-hydrogen) atoms. The Bertz CT molecular complexity index is 591. The van der Waals surface area contributed by atoms with Crippen LogP contribution < -0.4 is 11.1 Å². The van der Waals surface area contributed by atoms with Gasteiger partial charge in [-0.3, -0.25) is 4.79 Å². The Kier molecular flexibility index (Phi) is 7.93. The Hall–Kier alpha value is -0.410. The van der Waals surface area contributed by atoms with Crippen molar-refractivity contribution in [1.82, 2.24) is 9.62 Å². The van der Waals surface area contributed by atoms with Gasteiger partial charge >= 0.3 is 0 Å². The van der Waals surface area contributed by atoms with E-state index in [4.69, 9.17) is 10.5 Å². The first kappa shape index (κ1) is 23.6. The number of nitrogens with zero attached hydrogens (tertiary/aromatic N) is 1. The molecule has 154 valence electrons. The van der Waals surface area contributed by atoms with E-state index in [1.807, 2.05) is 27.7 Å². The van der Waals surface area contributed by atoms with Crippen LogP contribution in [0.15, 0.2) is 0 Å². The van der Waals surface area contributed by atoms with E-state index in [1.165, 1.54) is 4.31 Å². The highest BCUT2D eigenvalue weighted by Crippen LogP contribution is 2.49. The van der Waals surface area contributed by atoms with E-state index in [-0.39, 0.29) is 36.2 Å². The van der Waals surface area contributed by atoms with Crippen LogP contribution in [0.5, 0.6) is 0 Å². The number of nitrogens with one attached hydrogen (secondary N) is 1. The van der Waals surface area contributed by atoms with Crippen molar-refractivity contribution in [1.29, 1.82) is 0 Å². The molecule has 0 aromatic heterocycles. The van der Waals surface area contributed by atoms with E-state index < -0.39 is 21.0 Å². The minimum Gasteiger partial charge on any atom is -0.378 e. The number of rotatable bonds is 7. The Morgan fingerprint density at radius 2 is 1.85 bits per heavy atom. The van der Waals surface area contributed by atoms with E-state index in [0.29, 0.717) is 45.4 Å². The molecule has 1 aliphatic heterocycles. The van der Waals surface area contributed by atoms with Gasteiger partial charge in [-0.05, 0) is 26.2 Å². The second-order valence-corrected chi connectivity index (χ2v) is 9.89. The lowest BCUT2D eigenvalue weighted by molar-refractivity contribution is -0.171. The molecule has 2 aliphatic rings. The minimum atomic E-state index is -3.16. The number of sulfonamides is 1. The van der Waals surface area contributed by atoms with Gasteiger partial charge in [-0.15, -0.1) is 12.4 Å². The molecule has 0 aromatic carbocycles. The smallest absolute Gasteiger partial charge is 0.241 e. The molecule has 0 bridgehead atoms. The highest BCUT2D eigenvalue weighted by molar-refractivity contribution is 7.89. The summed E-state index contributed by atoms with van der Waals surface area (Å²) in [6, 6.07) is -0.0251. The molecular weight excluding hydrogens is 378 g/mol. The molecule has 2 atom stereocenters. The average Bonchev–Trinajstić information content (AvgIpc) is 2.54. The third kappa shape index (κ3) is 4.35. The van der Waals surface area contributed by atoms with Gasteiger partial charge in [0.1, 0.15) is 5.54 Å². The van der Waals surface area contributed by atoms with Crippen molar-refractivity contribution in [2.75, 3.05) is 25.4 Å². The second kappa shape index (κ2) is 8.73. The van der Waals surface area contributed by atoms with E-state index in [2.05, 4.69) is 5.32 Å². The maximum atomic E-state index is 12.7. The Labute approximate surface area is 163 Å². The molecule has 2 unspecified atom stereocenters. The van der Waals surface area contributed by atoms with Crippen molar-refractivity contribution < 1.29 is 17.9 Å². The average molecular weight is 412 g/mol. The number of hydrogen-bond acceptors (Lipinski definition) is 5. The van der Waals surface area contributed by atoms with Gasteiger partial charge in [0.2, 0.25) is 15.9 Å². The second-order valence-electron chi connectivity index (χ2n) is 7.80. The lowest BCUT2D eigenvalue weighted by Crippen LogP contribution is -2.76. The maximum absolute atomic E-state index is 12.7. The highest BCUT2D eigenvalue weighted by atomic mass is 35.5. The quantitative estimate of drug-likeness (QED) is 0.656. The number of piperidine rings is 1. The summed E-state index contributed by atoms with van der Waals surface area (Å²) in [4.78, 5) is 12.7. The molecule has 0 spiro atoms. The molecule has 1 heterocycles. The number of halogens is 1. The molecule has 1 amide bonds. The van der Waals surface area contributed by atoms with Crippen LogP contribution in [-0.2, 0) is 19.6 Å². The Morgan fingerprint density at radius 1 is 1.27 bits per heavy atom. The lowest BCUT2D eigenvalue weighted by atomic mass is 9.54. The molecule has 9 heteroatoms. The third-order valence-electron chi connectivity index (χ3n) is 5.88. The number of carbonyl (C=O) groups excluding carboxylic acids is 1. The molecule has 3 N–H and O–H groups in total. The van der Waals surface area contributed by atoms with Gasteiger partial charge in [0.15, 0.2) is 0 Å². The largest absolute Gasteiger partial charge is 0.378 e. The first-order valence-electron chi connectivity index (χ1n) is 9.27. The minimum absolute atomic E-state index is 0. The SMILES string of the molecule is CCCS(=O)(=O)N1CCC(NC(=O)C2(N)CC(OCC)C2(C)C)CC1.Cl. The number of carbonyl (C=O) groups is 1. The number of nitrogens with two attached hydrogens (primary N) is 1. The summed E-state index contributed by atoms with van der Waals surface area (Å²) in [5, 5.41) is 3.04. The molecule has 7 nitrogen and oxygen atoms in total. The molecule has 1 saturated carbocycles. The normalized spacial score (nSPS) is 29.5. The number of ether oxygens (including phenoxy) is 1. The molecule has 2 fully saturated rings. The summed E-state index contributed by atoms with van der Waals surface area (Å²) in [5.74, 6) is 0.0338. The zero-order chi connectivity index (χ0) is 18.9. The van der Waals surface area contributed by atoms with E-state index >= 15 is 0 Å². The van der Waals surface area contributed by atoms with Gasteiger partial charge in [-0.1, -0.05) is 20.8 Å². The van der Waals surface area contributed by atoms with E-state index in [0.717, 1.165) is 0 Å². The first-order chi connectivity index (χ1) is 11.6. The maximum Gasteiger partial charge on any atom is 0.241 e. The Balaban J connectivity index is 0.00000338. The Morgan fingerprint density at radius 3 is 2.31 bits per heavy atom. The van der Waals surface area contributed by atoms with Crippen molar-refractivity contribution in [2.45, 2.75) is 71.1 Å². The fourth-order valence-corrected chi connectivity index (χ4v) is 5.34. The van der Waals surface area contributed by atoms with Crippen molar-refractivity contribution in [3.05, 3.63) is 0 Å². The number of hydrogen-bond donors (Lipinski definition) is 2. The van der Waals surface area contributed by atoms with Crippen molar-refractivity contribution in [2.24, 2.45) is 11.1 Å². The standard InChI is InChI=1S/C17H33N3O4S.ClH/c1-5-11-25(22,23)20-9-7-13(8-10-20)19-15(21)17(18)12-14(24-6-2)16(17,3)4;/h13-14H,5-12,18H2,1-4H3,(H,19,21);1H. The summed E-state index contributed by atoms with van der Waals surface area (Å²) < 4.78 is 31.4. The molecular formula is C17H34ClN3O4S. The predicted molar refractivity (Wildman–Crippen MR) is 105 cm³/mol. The summed E-state index contributed by atoms with van der Waals surface area (Å²) in [5.41, 5.74) is 5.05. The van der Waals surface area contributed by atoms with Gasteiger partial charge in [-0.25, -0.2) is 12.7 Å². The molecule has 0 radical (unpaired) electrons. The van der Waals surface area contributed by atoms with Crippen molar-refractivity contribution >= 4 is 28.3 Å². The van der Waals surface area contributed by atoms with Crippen LogP contribution in [0, 0.1) is 5.41 Å². The molecule has 2 rings (SSSR count). The van der Waals surface area contributed by atoms with Crippen LogP contribution in [0.4, 0.5) is 0 Å². The summed E-state index contributed by atoms with van der Waals surface area (Å²) in [6.45, 7) is 9.25. The molecule has 1 saturated heterocycles. The van der Waals surface area contributed by atoms with Crippen molar-refractivity contribution in [3.63, 3.8) is 0 Å². The van der Waals surface area contributed by atoms with Gasteiger partial charge in [0, 0.05) is 37.6 Å². The van der Waals surface area contributed by atoms with Crippen LogP contribution in [-0.4, -0.2) is 61.8 Å². The van der Waals surface area contributed by atoms with Gasteiger partial charge < -0.3 is 15.8 Å². The van der Waals surface area contributed by atoms with Crippen LogP contribution >= 0.6 is 12.4 Å². The molecule has 0 aromatic rings. The third-order valence-corrected chi connectivity index (χ3v) is 7.96. The summed E-state index contributed by atoms with van der Waals surface area (Å²) in [6.07, 6.45) is 2.38. The van der Waals surface area contributed by atoms with Gasteiger partial charge in [0.25, 0.3) is 0 Å². The zero-order valence-corrected chi connectivity index (χ0v) is 17.9. The van der Waals surface area contributed by atoms with E-state index in [1.54, 1.807) is 0 Å². The first-order valence-corrected chi connectivity index (χ1v) is 10.9. The topological polar surface area (TPSA) is 102 Å². The van der Waals surface area contributed by atoms with Crippen LogP contribution in [0.2, 0.25) is 0 Å². The molecule has 1 aliphatic carbocycles. The fourth-order valence-electron chi connectivity index (χ4n) is 3.80. The van der Waals surface area contributed by atoms with Crippen LogP contribution in [0.25, 0.3) is 0 Å². The van der Waals surface area contributed by atoms with E-state index in [9.17, 15) is 13.2 Å². The van der Waals surface area contributed by atoms with Crippen LogP contribution in [0.1, 0.15) is 53.4 Å². The lowest BCUT2D eigenvalue weighted by Gasteiger charge is -2.57. The highest BCUT2D eigenvalue weighted by Gasteiger charge is 2.63. The van der Waals surface area contributed by atoms with Gasteiger partial charge in [0.05, 0.1) is 11.9 Å².